The van der Waals surface area contributed by atoms with Crippen LogP contribution in [-0.4, -0.2) is 71.9 Å². The maximum Gasteiger partial charge on any atom is 0.345 e. The molecule has 12 heteroatoms. The summed E-state index contributed by atoms with van der Waals surface area (Å²) in [5, 5.41) is 75.3. The largest absolute Gasteiger partial charge is 0.508 e. The van der Waals surface area contributed by atoms with Crippen LogP contribution in [0.5, 0.6) is 34.5 Å². The summed E-state index contributed by atoms with van der Waals surface area (Å²) in [5.74, 6) is -5.92. The first-order valence-electron chi connectivity index (χ1n) is 14.6. The summed E-state index contributed by atoms with van der Waals surface area (Å²) in [7, 11) is 0. The number of phenols is 5. The van der Waals surface area contributed by atoms with Crippen molar-refractivity contribution >= 4 is 5.97 Å². The Kier molecular flexibility index (Phi) is 6.03. The van der Waals surface area contributed by atoms with E-state index in [1.807, 2.05) is 0 Å². The summed E-state index contributed by atoms with van der Waals surface area (Å²) in [6.45, 7) is -0.287. The van der Waals surface area contributed by atoms with Gasteiger partial charge in [0.25, 0.3) is 5.79 Å². The van der Waals surface area contributed by atoms with Gasteiger partial charge in [-0.2, -0.15) is 0 Å². The van der Waals surface area contributed by atoms with Crippen molar-refractivity contribution in [3.8, 4) is 34.5 Å². The van der Waals surface area contributed by atoms with Gasteiger partial charge < -0.3 is 54.7 Å². The second kappa shape index (κ2) is 9.74. The van der Waals surface area contributed by atoms with E-state index in [-0.39, 0.29) is 46.7 Å². The maximum absolute atomic E-state index is 13.7. The molecular formula is C34H28O12. The minimum absolute atomic E-state index is 0.0181. The monoisotopic (exact) mass is 628 g/mol. The molecule has 0 unspecified atom stereocenters. The molecule has 4 aromatic rings. The van der Waals surface area contributed by atoms with Gasteiger partial charge in [0, 0.05) is 17.7 Å². The van der Waals surface area contributed by atoms with E-state index in [4.69, 9.17) is 18.9 Å². The summed E-state index contributed by atoms with van der Waals surface area (Å²) in [5.41, 5.74) is -0.483. The van der Waals surface area contributed by atoms with Crippen LogP contribution in [0.4, 0.5) is 0 Å². The van der Waals surface area contributed by atoms with Crippen molar-refractivity contribution in [1.82, 2.24) is 0 Å². The first-order chi connectivity index (χ1) is 22.0. The molecule has 1 spiro atoms. The lowest BCUT2D eigenvalue weighted by Crippen LogP contribution is -2.57. The van der Waals surface area contributed by atoms with Crippen LogP contribution in [0.1, 0.15) is 51.9 Å². The third-order valence-corrected chi connectivity index (χ3v) is 9.41. The van der Waals surface area contributed by atoms with Gasteiger partial charge in [-0.25, -0.2) is 4.79 Å². The number of aliphatic hydroxyl groups excluding tert-OH is 1. The number of rotatable bonds is 4. The predicted octanol–water partition coefficient (Wildman–Crippen LogP) is 3.08. The molecule has 4 aliphatic heterocycles. The molecule has 0 amide bonds. The van der Waals surface area contributed by atoms with Gasteiger partial charge >= 0.3 is 5.97 Å². The summed E-state index contributed by atoms with van der Waals surface area (Å²) in [4.78, 5) is 13.7. The molecule has 3 saturated heterocycles. The lowest BCUT2D eigenvalue weighted by Gasteiger charge is -2.32. The fraction of sp³-hybridized carbons (Fsp3) is 0.265. The number of benzene rings is 4. The van der Waals surface area contributed by atoms with Gasteiger partial charge in [-0.05, 0) is 64.7 Å². The van der Waals surface area contributed by atoms with Gasteiger partial charge in [0.1, 0.15) is 46.7 Å². The molecule has 7 N–H and O–H groups in total. The number of carbonyl (C=O) groups is 1. The first-order valence-corrected chi connectivity index (χ1v) is 14.6. The van der Waals surface area contributed by atoms with E-state index in [2.05, 4.69) is 0 Å². The third kappa shape index (κ3) is 3.84. The Bertz CT molecular complexity index is 1850. The highest BCUT2D eigenvalue weighted by Gasteiger charge is 2.83. The van der Waals surface area contributed by atoms with E-state index in [0.717, 1.165) is 0 Å². The van der Waals surface area contributed by atoms with Crippen LogP contribution in [0.25, 0.3) is 0 Å². The van der Waals surface area contributed by atoms with E-state index in [1.165, 1.54) is 54.6 Å². The molecule has 0 aromatic heterocycles. The van der Waals surface area contributed by atoms with E-state index >= 15 is 0 Å². The van der Waals surface area contributed by atoms with Gasteiger partial charge in [0.2, 0.25) is 5.60 Å². The Morgan fingerprint density at radius 3 is 1.89 bits per heavy atom. The number of aliphatic hydroxyl groups is 2. The summed E-state index contributed by atoms with van der Waals surface area (Å²) in [6.07, 6.45) is -4.62. The minimum atomic E-state index is -2.54. The van der Waals surface area contributed by atoms with Crippen molar-refractivity contribution in [2.24, 2.45) is 0 Å². The van der Waals surface area contributed by atoms with Crippen LogP contribution >= 0.6 is 0 Å². The van der Waals surface area contributed by atoms with Crippen LogP contribution in [0.15, 0.2) is 78.9 Å². The Balaban J connectivity index is 1.39. The Labute approximate surface area is 260 Å². The van der Waals surface area contributed by atoms with Gasteiger partial charge in [0.15, 0.2) is 6.10 Å². The Hall–Kier alpha value is -5.01. The number of carbonyl (C=O) groups excluding carboxylic acids is 1. The lowest BCUT2D eigenvalue weighted by molar-refractivity contribution is -0.259. The van der Waals surface area contributed by atoms with Gasteiger partial charge in [-0.1, -0.05) is 24.3 Å². The normalized spacial score (nSPS) is 32.4. The quantitative estimate of drug-likeness (QED) is 0.164. The van der Waals surface area contributed by atoms with Crippen LogP contribution in [0.2, 0.25) is 0 Å². The molecule has 0 bridgehead atoms. The maximum atomic E-state index is 13.7. The number of fused-ring (bicyclic) bond motifs is 1. The number of phenolic OH excluding ortho intramolecular Hbond substituents is 5. The fourth-order valence-corrected chi connectivity index (χ4v) is 7.53. The smallest absolute Gasteiger partial charge is 0.345 e. The second-order valence-corrected chi connectivity index (χ2v) is 12.1. The SMILES string of the molecule is O=C1O[C@@H]2[C@H](O)CO[C@@]23O[C@@H](c2ccc(O)cc2)[C@@H](c2cc(O)cc4c2[C@@H](c2cc(O)cc(O)c2)[C@H](c2ccc(O)cc2)O4)[C@@]13O. The van der Waals surface area contributed by atoms with E-state index in [9.17, 15) is 40.5 Å². The zero-order chi connectivity index (χ0) is 32.1. The van der Waals surface area contributed by atoms with Crippen LogP contribution < -0.4 is 4.74 Å². The van der Waals surface area contributed by atoms with Gasteiger partial charge in [-0.3, -0.25) is 0 Å². The number of ether oxygens (including phenoxy) is 4. The second-order valence-electron chi connectivity index (χ2n) is 12.1. The van der Waals surface area contributed by atoms with Crippen molar-refractivity contribution in [3.05, 3.63) is 107 Å². The molecule has 0 saturated carbocycles. The molecule has 3 fully saturated rings. The zero-order valence-electron chi connectivity index (χ0n) is 23.8. The Morgan fingerprint density at radius 2 is 1.26 bits per heavy atom. The molecule has 8 rings (SSSR count). The van der Waals surface area contributed by atoms with Crippen LogP contribution in [0.3, 0.4) is 0 Å². The molecule has 4 aliphatic rings. The molecule has 4 heterocycles. The summed E-state index contributed by atoms with van der Waals surface area (Å²) >= 11 is 0. The first kappa shape index (κ1) is 28.5. The average Bonchev–Trinajstić information content (AvgIpc) is 3.68. The zero-order valence-corrected chi connectivity index (χ0v) is 23.8. The highest BCUT2D eigenvalue weighted by atomic mass is 16.8. The third-order valence-electron chi connectivity index (χ3n) is 9.41. The molecule has 46 heavy (non-hydrogen) atoms. The number of hydrogen-bond donors (Lipinski definition) is 7. The molecular weight excluding hydrogens is 600 g/mol. The fourth-order valence-electron chi connectivity index (χ4n) is 7.53. The highest BCUT2D eigenvalue weighted by molar-refractivity contribution is 5.87. The predicted molar refractivity (Wildman–Crippen MR) is 155 cm³/mol. The minimum Gasteiger partial charge on any atom is -0.508 e. The van der Waals surface area contributed by atoms with Crippen LogP contribution in [0, 0.1) is 0 Å². The van der Waals surface area contributed by atoms with Crippen molar-refractivity contribution < 1.29 is 59.5 Å². The lowest BCUT2D eigenvalue weighted by atomic mass is 9.71. The van der Waals surface area contributed by atoms with Crippen molar-refractivity contribution in [2.75, 3.05) is 6.61 Å². The van der Waals surface area contributed by atoms with Crippen molar-refractivity contribution in [3.63, 3.8) is 0 Å². The van der Waals surface area contributed by atoms with E-state index in [0.29, 0.717) is 22.3 Å². The van der Waals surface area contributed by atoms with E-state index < -0.39 is 53.6 Å². The van der Waals surface area contributed by atoms with E-state index in [1.54, 1.807) is 24.3 Å². The highest BCUT2D eigenvalue weighted by Crippen LogP contribution is 2.66. The number of esters is 1. The topological polar surface area (TPSA) is 196 Å². The average molecular weight is 629 g/mol. The summed E-state index contributed by atoms with van der Waals surface area (Å²) in [6, 6.07) is 19.0. The Morgan fingerprint density at radius 1 is 0.674 bits per heavy atom. The molecule has 236 valence electrons. The molecule has 12 nitrogen and oxygen atoms in total. The standard InChI is InChI=1S/C34H28O12/c35-18-5-1-15(2-6-18)29-26(17-9-20(37)11-21(38)10-17)27-23(12-22(39)13-25(27)44-29)28-30(16-3-7-19(36)8-4-16)46-34-31(24(40)14-43-34)45-32(41)33(28,34)42/h1-13,24,26,28-31,35-40,42H,14H2/t24-,26-,28-,29+,30+,31-,33-,34-/m1/s1. The summed E-state index contributed by atoms with van der Waals surface area (Å²) < 4.78 is 24.3. The number of aromatic hydroxyl groups is 5. The number of hydrogen-bond acceptors (Lipinski definition) is 12. The molecule has 8 atom stereocenters. The van der Waals surface area contributed by atoms with Crippen LogP contribution in [-0.2, 0) is 19.0 Å². The molecule has 4 aromatic carbocycles. The van der Waals surface area contributed by atoms with Gasteiger partial charge in [0.05, 0.1) is 24.5 Å². The van der Waals surface area contributed by atoms with Gasteiger partial charge in [-0.15, -0.1) is 0 Å². The molecule has 0 aliphatic carbocycles. The van der Waals surface area contributed by atoms with Crippen molar-refractivity contribution in [2.45, 2.75) is 47.6 Å². The van der Waals surface area contributed by atoms with Crippen molar-refractivity contribution in [1.29, 1.82) is 0 Å². The molecule has 0 radical (unpaired) electrons.